The number of aliphatic imine (C=N–C) groups is 1. The molecule has 3 aromatic rings. The molecule has 0 fully saturated rings. The Morgan fingerprint density at radius 2 is 1.66 bits per heavy atom. The van der Waals surface area contributed by atoms with Crippen LogP contribution in [-0.4, -0.2) is 17.1 Å². The molecule has 0 saturated heterocycles. The molecule has 0 aliphatic heterocycles. The number of benzene rings is 3. The van der Waals surface area contributed by atoms with E-state index in [-0.39, 0.29) is 5.69 Å². The Hall–Kier alpha value is -3.10. The largest absolute Gasteiger partial charge is 0.421 e. The fraction of sp³-hybridized carbons (Fsp3) is 0.0833. The Kier molecular flexibility index (Phi) is 7.71. The van der Waals surface area contributed by atoms with E-state index in [9.17, 15) is 14.9 Å². The zero-order valence-electron chi connectivity index (χ0n) is 17.2. The smallest absolute Gasteiger partial charge is 0.336 e. The maximum Gasteiger partial charge on any atom is 0.336 e. The van der Waals surface area contributed by atoms with E-state index in [1.807, 2.05) is 44.2 Å². The molecular formula is C24H18Br2N2O4. The van der Waals surface area contributed by atoms with Crippen LogP contribution >= 0.6 is 31.9 Å². The van der Waals surface area contributed by atoms with Crippen LogP contribution in [0.15, 0.2) is 74.6 Å². The van der Waals surface area contributed by atoms with Crippen LogP contribution in [0.2, 0.25) is 0 Å². The summed E-state index contributed by atoms with van der Waals surface area (Å²) in [6.45, 7) is 4.02. The molecule has 0 spiro atoms. The first-order valence-corrected chi connectivity index (χ1v) is 11.1. The number of carbonyl (C=O) groups excluding carboxylic acids is 1. The Labute approximate surface area is 202 Å². The molecule has 0 unspecified atom stereocenters. The molecule has 0 aliphatic carbocycles. The number of ether oxygens (including phenoxy) is 1. The molecule has 0 aromatic heterocycles. The van der Waals surface area contributed by atoms with Gasteiger partial charge in [-0.1, -0.05) is 12.1 Å². The lowest BCUT2D eigenvalue weighted by molar-refractivity contribution is -0.384. The van der Waals surface area contributed by atoms with E-state index in [1.54, 1.807) is 18.3 Å². The summed E-state index contributed by atoms with van der Waals surface area (Å²) < 4.78 is 6.62. The molecule has 3 rings (SSSR count). The molecule has 0 amide bonds. The molecule has 162 valence electrons. The minimum atomic E-state index is -0.582. The number of hydrogen-bond acceptors (Lipinski definition) is 5. The van der Waals surface area contributed by atoms with Gasteiger partial charge in [0, 0.05) is 24.4 Å². The van der Waals surface area contributed by atoms with Crippen molar-refractivity contribution in [2.75, 3.05) is 0 Å². The molecule has 0 radical (unpaired) electrons. The fourth-order valence-electron chi connectivity index (χ4n) is 2.76. The van der Waals surface area contributed by atoms with Gasteiger partial charge in [-0.15, -0.1) is 0 Å². The van der Waals surface area contributed by atoms with Gasteiger partial charge >= 0.3 is 5.97 Å². The Balaban J connectivity index is 1.72. The highest BCUT2D eigenvalue weighted by molar-refractivity contribution is 9.11. The first kappa shape index (κ1) is 23.6. The summed E-state index contributed by atoms with van der Waals surface area (Å²) in [5, 5.41) is 10.7. The highest BCUT2D eigenvalue weighted by Gasteiger charge is 2.12. The lowest BCUT2D eigenvalue weighted by atomic mass is 10.1. The topological polar surface area (TPSA) is 81.8 Å². The average Bonchev–Trinajstić information content (AvgIpc) is 2.75. The highest BCUT2D eigenvalue weighted by atomic mass is 79.9. The zero-order valence-corrected chi connectivity index (χ0v) is 20.4. The minimum Gasteiger partial charge on any atom is -0.421 e. The predicted octanol–water partition coefficient (Wildman–Crippen LogP) is 7.11. The quantitative estimate of drug-likeness (QED) is 0.0807. The average molecular weight is 558 g/mol. The molecular weight excluding hydrogens is 540 g/mol. The van der Waals surface area contributed by atoms with E-state index in [2.05, 4.69) is 36.9 Å². The highest BCUT2D eigenvalue weighted by Crippen LogP contribution is 2.35. The first-order valence-electron chi connectivity index (χ1n) is 9.47. The third-order valence-corrected chi connectivity index (χ3v) is 5.63. The number of esters is 1. The van der Waals surface area contributed by atoms with E-state index in [1.165, 1.54) is 24.3 Å². The van der Waals surface area contributed by atoms with Gasteiger partial charge in [0.15, 0.2) is 5.75 Å². The molecule has 6 nitrogen and oxygen atoms in total. The van der Waals surface area contributed by atoms with Gasteiger partial charge in [-0.25, -0.2) is 4.79 Å². The van der Waals surface area contributed by atoms with E-state index in [4.69, 9.17) is 4.74 Å². The Morgan fingerprint density at radius 3 is 2.28 bits per heavy atom. The van der Waals surface area contributed by atoms with Gasteiger partial charge in [-0.2, -0.15) is 0 Å². The zero-order chi connectivity index (χ0) is 23.3. The number of nitrogens with zero attached hydrogens (tertiary/aromatic N) is 2. The number of carbonyl (C=O) groups is 1. The van der Waals surface area contributed by atoms with Crippen molar-refractivity contribution < 1.29 is 14.5 Å². The van der Waals surface area contributed by atoms with Gasteiger partial charge < -0.3 is 4.74 Å². The van der Waals surface area contributed by atoms with Crippen LogP contribution in [0, 0.1) is 24.0 Å². The normalized spacial score (nSPS) is 11.2. The van der Waals surface area contributed by atoms with Crippen molar-refractivity contribution in [2.45, 2.75) is 13.8 Å². The van der Waals surface area contributed by atoms with E-state index in [0.29, 0.717) is 20.3 Å². The van der Waals surface area contributed by atoms with Gasteiger partial charge in [-0.05, 0) is 104 Å². The van der Waals surface area contributed by atoms with E-state index >= 15 is 0 Å². The molecule has 0 N–H and O–H groups in total. The third-order valence-electron chi connectivity index (χ3n) is 4.46. The second kappa shape index (κ2) is 10.5. The number of nitro benzene ring substituents is 1. The van der Waals surface area contributed by atoms with Gasteiger partial charge in [0.1, 0.15) is 0 Å². The number of rotatable bonds is 6. The molecule has 3 aromatic carbocycles. The van der Waals surface area contributed by atoms with Crippen LogP contribution < -0.4 is 4.74 Å². The van der Waals surface area contributed by atoms with E-state index in [0.717, 1.165) is 22.4 Å². The Bertz CT molecular complexity index is 1210. The second-order valence-electron chi connectivity index (χ2n) is 6.96. The summed E-state index contributed by atoms with van der Waals surface area (Å²) in [5.74, 6) is -0.242. The molecule has 32 heavy (non-hydrogen) atoms. The number of non-ortho nitro benzene ring substituents is 1. The number of halogens is 2. The van der Waals surface area contributed by atoms with Gasteiger partial charge in [0.25, 0.3) is 5.69 Å². The third kappa shape index (κ3) is 6.21. The Morgan fingerprint density at radius 1 is 1.00 bits per heavy atom. The standard InChI is InChI=1S/C24H18Br2N2O4/c1-15-3-4-16(2)22(11-15)27-14-18-12-20(25)24(21(26)13-18)32-23(29)10-7-17-5-8-19(9-6-17)28(30)31/h3-14H,1-2H3. The fourth-order valence-corrected chi connectivity index (χ4v) is 4.14. The lowest BCUT2D eigenvalue weighted by Crippen LogP contribution is -2.05. The SMILES string of the molecule is Cc1ccc(C)c(N=Cc2cc(Br)c(OC(=O)C=Cc3ccc([N+](=O)[O-])cc3)c(Br)c2)c1. The molecule has 0 saturated carbocycles. The first-order chi connectivity index (χ1) is 15.2. The van der Waals surface area contributed by atoms with Crippen LogP contribution in [0.3, 0.4) is 0 Å². The van der Waals surface area contributed by atoms with Crippen molar-refractivity contribution in [1.29, 1.82) is 0 Å². The summed E-state index contributed by atoms with van der Waals surface area (Å²) in [6.07, 6.45) is 4.53. The van der Waals surface area contributed by atoms with Crippen LogP contribution in [0.25, 0.3) is 6.08 Å². The monoisotopic (exact) mass is 556 g/mol. The van der Waals surface area contributed by atoms with Crippen molar-refractivity contribution in [3.05, 3.63) is 102 Å². The van der Waals surface area contributed by atoms with Crippen LogP contribution in [0.1, 0.15) is 22.3 Å². The molecule has 0 atom stereocenters. The lowest BCUT2D eigenvalue weighted by Gasteiger charge is -2.08. The summed E-state index contributed by atoms with van der Waals surface area (Å²) in [4.78, 5) is 27.0. The maximum absolute atomic E-state index is 12.2. The maximum atomic E-state index is 12.2. The minimum absolute atomic E-state index is 0.0150. The van der Waals surface area contributed by atoms with Crippen molar-refractivity contribution in [2.24, 2.45) is 4.99 Å². The summed E-state index contributed by atoms with van der Waals surface area (Å²) in [5.41, 5.74) is 4.56. The van der Waals surface area contributed by atoms with Crippen molar-refractivity contribution in [3.8, 4) is 5.75 Å². The van der Waals surface area contributed by atoms with Gasteiger partial charge in [0.2, 0.25) is 0 Å². The number of aryl methyl sites for hydroxylation is 2. The van der Waals surface area contributed by atoms with E-state index < -0.39 is 10.9 Å². The van der Waals surface area contributed by atoms with Crippen molar-refractivity contribution in [3.63, 3.8) is 0 Å². The van der Waals surface area contributed by atoms with Crippen LogP contribution in [-0.2, 0) is 4.79 Å². The molecule has 8 heteroatoms. The predicted molar refractivity (Wildman–Crippen MR) is 133 cm³/mol. The van der Waals surface area contributed by atoms with Crippen molar-refractivity contribution in [1.82, 2.24) is 0 Å². The summed E-state index contributed by atoms with van der Waals surface area (Å²) in [7, 11) is 0. The molecule has 0 heterocycles. The van der Waals surface area contributed by atoms with Crippen LogP contribution in [0.4, 0.5) is 11.4 Å². The number of nitro groups is 1. The summed E-state index contributed by atoms with van der Waals surface area (Å²) >= 11 is 6.88. The van der Waals surface area contributed by atoms with Crippen LogP contribution in [0.5, 0.6) is 5.75 Å². The van der Waals surface area contributed by atoms with Gasteiger partial charge in [0.05, 0.1) is 19.6 Å². The molecule has 0 bridgehead atoms. The van der Waals surface area contributed by atoms with Gasteiger partial charge in [-0.3, -0.25) is 15.1 Å². The second-order valence-corrected chi connectivity index (χ2v) is 8.67. The summed E-state index contributed by atoms with van der Waals surface area (Å²) in [6, 6.07) is 15.6. The number of hydrogen-bond donors (Lipinski definition) is 0. The molecule has 0 aliphatic rings. The van der Waals surface area contributed by atoms with Crippen molar-refractivity contribution >= 4 is 61.5 Å².